The summed E-state index contributed by atoms with van der Waals surface area (Å²) in [6.45, 7) is 5.83. The molecule has 1 aromatic heterocycles. The molecule has 118 valence electrons. The minimum atomic E-state index is -0.555. The highest BCUT2D eigenvalue weighted by molar-refractivity contribution is 7.99. The molecule has 1 amide bonds. The molecule has 1 aromatic carbocycles. The number of nitrogens with zero attached hydrogens (tertiary/aromatic N) is 3. The summed E-state index contributed by atoms with van der Waals surface area (Å²) in [6, 6.07) is 7.01. The van der Waals surface area contributed by atoms with Crippen molar-refractivity contribution in [2.45, 2.75) is 36.9 Å². The molecule has 1 atom stereocenters. The van der Waals surface area contributed by atoms with Crippen molar-refractivity contribution in [1.29, 1.82) is 0 Å². The molecule has 3 N–H and O–H groups in total. The van der Waals surface area contributed by atoms with Crippen molar-refractivity contribution in [3.63, 3.8) is 0 Å². The highest BCUT2D eigenvalue weighted by atomic mass is 32.2. The van der Waals surface area contributed by atoms with E-state index in [1.807, 2.05) is 56.7 Å². The molecule has 0 saturated carbocycles. The van der Waals surface area contributed by atoms with Crippen molar-refractivity contribution < 1.29 is 4.79 Å². The smallest absolute Gasteiger partial charge is 0.241 e. The van der Waals surface area contributed by atoms with Crippen LogP contribution in [0.1, 0.15) is 20.8 Å². The van der Waals surface area contributed by atoms with Crippen LogP contribution in [-0.4, -0.2) is 26.7 Å². The molecule has 2 aromatic rings. The van der Waals surface area contributed by atoms with Crippen LogP contribution in [0.5, 0.6) is 0 Å². The Morgan fingerprint density at radius 1 is 1.32 bits per heavy atom. The van der Waals surface area contributed by atoms with Crippen LogP contribution in [0.4, 0.5) is 5.69 Å². The number of hydrogen-bond acceptors (Lipinski definition) is 5. The van der Waals surface area contributed by atoms with Gasteiger partial charge in [0.2, 0.25) is 5.91 Å². The zero-order chi connectivity index (χ0) is 16.3. The number of anilines is 1. The number of rotatable bonds is 4. The Morgan fingerprint density at radius 3 is 2.45 bits per heavy atom. The fourth-order valence-electron chi connectivity index (χ4n) is 1.69. The Bertz CT molecular complexity index is 645. The predicted molar refractivity (Wildman–Crippen MR) is 87.6 cm³/mol. The first-order valence-corrected chi connectivity index (χ1v) is 7.77. The number of amides is 1. The van der Waals surface area contributed by atoms with Gasteiger partial charge < -0.3 is 15.6 Å². The topological polar surface area (TPSA) is 85.8 Å². The maximum atomic E-state index is 12.1. The van der Waals surface area contributed by atoms with Gasteiger partial charge in [-0.2, -0.15) is 0 Å². The van der Waals surface area contributed by atoms with Gasteiger partial charge in [0.05, 0.1) is 6.04 Å². The van der Waals surface area contributed by atoms with E-state index >= 15 is 0 Å². The monoisotopic (exact) mass is 319 g/mol. The third-order valence-corrected chi connectivity index (χ3v) is 4.28. The van der Waals surface area contributed by atoms with Gasteiger partial charge >= 0.3 is 0 Å². The molecule has 0 unspecified atom stereocenters. The molecule has 0 saturated heterocycles. The molecule has 2 rings (SSSR count). The van der Waals surface area contributed by atoms with E-state index in [1.54, 1.807) is 6.33 Å². The second kappa shape index (κ2) is 6.50. The van der Waals surface area contributed by atoms with Crippen LogP contribution in [0.15, 0.2) is 40.6 Å². The molecular formula is C15H21N5OS. The normalized spacial score (nSPS) is 13.0. The average molecular weight is 319 g/mol. The first-order valence-electron chi connectivity index (χ1n) is 6.96. The van der Waals surface area contributed by atoms with E-state index in [0.29, 0.717) is 0 Å². The van der Waals surface area contributed by atoms with Crippen LogP contribution in [0.25, 0.3) is 0 Å². The van der Waals surface area contributed by atoms with Crippen LogP contribution in [0.2, 0.25) is 0 Å². The zero-order valence-corrected chi connectivity index (χ0v) is 14.0. The molecule has 0 spiro atoms. The molecule has 1 heterocycles. The van der Waals surface area contributed by atoms with E-state index in [9.17, 15) is 4.79 Å². The molecular weight excluding hydrogens is 298 g/mol. The molecule has 6 nitrogen and oxygen atoms in total. The Balaban J connectivity index is 2.00. The largest absolute Gasteiger partial charge is 0.325 e. The summed E-state index contributed by atoms with van der Waals surface area (Å²) in [5.41, 5.74) is 6.40. The summed E-state index contributed by atoms with van der Waals surface area (Å²) in [6.07, 6.45) is 1.66. The molecule has 0 fully saturated rings. The predicted octanol–water partition coefficient (Wildman–Crippen LogP) is 2.28. The number of carbonyl (C=O) groups excluding carboxylic acids is 1. The number of nitrogens with two attached hydrogens (primary N) is 1. The van der Waals surface area contributed by atoms with Crippen molar-refractivity contribution in [2.75, 3.05) is 5.32 Å². The maximum Gasteiger partial charge on any atom is 0.241 e. The average Bonchev–Trinajstić information content (AvgIpc) is 2.84. The van der Waals surface area contributed by atoms with Crippen molar-refractivity contribution in [3.05, 3.63) is 30.6 Å². The highest BCUT2D eigenvalue weighted by Crippen LogP contribution is 2.26. The quantitative estimate of drug-likeness (QED) is 0.903. The Kier molecular flexibility index (Phi) is 4.87. The molecule has 0 aliphatic heterocycles. The molecule has 0 bridgehead atoms. The van der Waals surface area contributed by atoms with Crippen molar-refractivity contribution in [2.24, 2.45) is 18.2 Å². The van der Waals surface area contributed by atoms with Crippen LogP contribution >= 0.6 is 11.8 Å². The summed E-state index contributed by atoms with van der Waals surface area (Å²) in [5.74, 6) is -0.179. The van der Waals surface area contributed by atoms with E-state index in [1.165, 1.54) is 11.8 Å². The van der Waals surface area contributed by atoms with Gasteiger partial charge in [0.15, 0.2) is 5.16 Å². The van der Waals surface area contributed by atoms with Gasteiger partial charge in [-0.05, 0) is 41.4 Å². The molecule has 22 heavy (non-hydrogen) atoms. The molecule has 7 heteroatoms. The van der Waals surface area contributed by atoms with Crippen molar-refractivity contribution in [1.82, 2.24) is 14.8 Å². The van der Waals surface area contributed by atoms with Gasteiger partial charge in [0.1, 0.15) is 6.33 Å². The standard InChI is InChI=1S/C15H21N5OS/c1-15(2,3)12(16)13(21)18-10-5-7-11(8-6-10)22-14-19-17-9-20(14)4/h5-9,12H,16H2,1-4H3,(H,18,21)/t12-/m1/s1. The van der Waals surface area contributed by atoms with E-state index in [4.69, 9.17) is 5.73 Å². The molecule has 0 aliphatic rings. The maximum absolute atomic E-state index is 12.1. The van der Waals surface area contributed by atoms with E-state index < -0.39 is 6.04 Å². The molecule has 0 radical (unpaired) electrons. The van der Waals surface area contributed by atoms with Gasteiger partial charge in [-0.1, -0.05) is 20.8 Å². The third-order valence-electron chi connectivity index (χ3n) is 3.22. The zero-order valence-electron chi connectivity index (χ0n) is 13.2. The number of aryl methyl sites for hydroxylation is 1. The number of aromatic nitrogens is 3. The number of carbonyl (C=O) groups is 1. The SMILES string of the molecule is Cn1cnnc1Sc1ccc(NC(=O)[C@@H](N)C(C)(C)C)cc1. The number of hydrogen-bond donors (Lipinski definition) is 2. The van der Waals surface area contributed by atoms with E-state index in [2.05, 4.69) is 15.5 Å². The Labute approximate surface area is 134 Å². The lowest BCUT2D eigenvalue weighted by Crippen LogP contribution is -2.45. The Hall–Kier alpha value is -1.86. The minimum absolute atomic E-state index is 0.179. The van der Waals surface area contributed by atoms with Gasteiger partial charge in [0, 0.05) is 17.6 Å². The van der Waals surface area contributed by atoms with Gasteiger partial charge in [-0.25, -0.2) is 0 Å². The second-order valence-corrected chi connectivity index (χ2v) is 7.22. The van der Waals surface area contributed by atoms with Gasteiger partial charge in [-0.15, -0.1) is 10.2 Å². The summed E-state index contributed by atoms with van der Waals surface area (Å²) in [5, 5.41) is 11.5. The Morgan fingerprint density at radius 2 is 1.95 bits per heavy atom. The van der Waals surface area contributed by atoms with Crippen molar-refractivity contribution >= 4 is 23.4 Å². The minimum Gasteiger partial charge on any atom is -0.325 e. The summed E-state index contributed by atoms with van der Waals surface area (Å²) >= 11 is 1.51. The second-order valence-electron chi connectivity index (χ2n) is 6.18. The van der Waals surface area contributed by atoms with E-state index in [-0.39, 0.29) is 11.3 Å². The lowest BCUT2D eigenvalue weighted by Gasteiger charge is -2.25. The van der Waals surface area contributed by atoms with Gasteiger partial charge in [-0.3, -0.25) is 4.79 Å². The highest BCUT2D eigenvalue weighted by Gasteiger charge is 2.27. The van der Waals surface area contributed by atoms with Crippen LogP contribution in [0, 0.1) is 5.41 Å². The molecule has 0 aliphatic carbocycles. The van der Waals surface area contributed by atoms with E-state index in [0.717, 1.165) is 15.7 Å². The van der Waals surface area contributed by atoms with Crippen LogP contribution < -0.4 is 11.1 Å². The fraction of sp³-hybridized carbons (Fsp3) is 0.400. The first kappa shape index (κ1) is 16.5. The fourth-order valence-corrected chi connectivity index (χ4v) is 2.45. The number of benzene rings is 1. The van der Waals surface area contributed by atoms with Crippen LogP contribution in [0.3, 0.4) is 0 Å². The first-order chi connectivity index (χ1) is 10.3. The lowest BCUT2D eigenvalue weighted by atomic mass is 9.87. The number of nitrogens with one attached hydrogen (secondary N) is 1. The summed E-state index contributed by atoms with van der Waals surface area (Å²) in [4.78, 5) is 13.1. The third kappa shape index (κ3) is 4.08. The lowest BCUT2D eigenvalue weighted by molar-refractivity contribution is -0.119. The summed E-state index contributed by atoms with van der Waals surface area (Å²) < 4.78 is 1.85. The van der Waals surface area contributed by atoms with Gasteiger partial charge in [0.25, 0.3) is 0 Å². The van der Waals surface area contributed by atoms with Crippen LogP contribution in [-0.2, 0) is 11.8 Å². The summed E-state index contributed by atoms with van der Waals surface area (Å²) in [7, 11) is 1.89. The van der Waals surface area contributed by atoms with Crippen molar-refractivity contribution in [3.8, 4) is 0 Å².